The Bertz CT molecular complexity index is 407. The van der Waals surface area contributed by atoms with E-state index in [9.17, 15) is 5.11 Å². The molecule has 4 nitrogen and oxygen atoms in total. The molecular weight excluding hydrogens is 298 g/mol. The molecule has 0 aliphatic carbocycles. The summed E-state index contributed by atoms with van der Waals surface area (Å²) in [6.07, 6.45) is 0. The first-order valence-corrected chi connectivity index (χ1v) is 6.49. The average Bonchev–Trinajstić information content (AvgIpc) is 2.35. The third kappa shape index (κ3) is 3.86. The van der Waals surface area contributed by atoms with Gasteiger partial charge in [0.2, 0.25) is 0 Å². The van der Waals surface area contributed by atoms with Crippen LogP contribution in [0.3, 0.4) is 0 Å². The third-order valence-electron chi connectivity index (χ3n) is 2.67. The van der Waals surface area contributed by atoms with Crippen molar-refractivity contribution in [2.45, 2.75) is 25.9 Å². The molecule has 0 aliphatic rings. The summed E-state index contributed by atoms with van der Waals surface area (Å²) < 4.78 is 11.6. The highest BCUT2D eigenvalue weighted by molar-refractivity contribution is 9.10. The van der Waals surface area contributed by atoms with E-state index in [0.29, 0.717) is 18.0 Å². The summed E-state index contributed by atoms with van der Waals surface area (Å²) in [5.74, 6) is 1.40. The van der Waals surface area contributed by atoms with Gasteiger partial charge < -0.3 is 19.9 Å². The molecule has 1 aromatic carbocycles. The third-order valence-corrected chi connectivity index (χ3v) is 3.13. The zero-order valence-electron chi connectivity index (χ0n) is 11.2. The van der Waals surface area contributed by atoms with Gasteiger partial charge in [0.25, 0.3) is 0 Å². The normalized spacial score (nSPS) is 11.4. The maximum absolute atomic E-state index is 9.23. The summed E-state index contributed by atoms with van der Waals surface area (Å²) >= 11 is 3.44. The van der Waals surface area contributed by atoms with Gasteiger partial charge in [0.1, 0.15) is 0 Å². The quantitative estimate of drug-likeness (QED) is 0.845. The number of nitrogens with one attached hydrogen (secondary N) is 1. The lowest BCUT2D eigenvalue weighted by Gasteiger charge is -2.24. The Balaban J connectivity index is 2.97. The van der Waals surface area contributed by atoms with E-state index in [1.54, 1.807) is 14.2 Å². The Morgan fingerprint density at radius 3 is 2.44 bits per heavy atom. The number of benzene rings is 1. The molecule has 0 heterocycles. The first kappa shape index (κ1) is 15.3. The van der Waals surface area contributed by atoms with Crippen molar-refractivity contribution < 1.29 is 14.6 Å². The van der Waals surface area contributed by atoms with Crippen molar-refractivity contribution in [1.82, 2.24) is 5.32 Å². The van der Waals surface area contributed by atoms with Crippen LogP contribution >= 0.6 is 15.9 Å². The van der Waals surface area contributed by atoms with Gasteiger partial charge in [-0.3, -0.25) is 0 Å². The second-order valence-electron chi connectivity index (χ2n) is 4.70. The first-order valence-electron chi connectivity index (χ1n) is 5.70. The molecule has 0 fully saturated rings. The maximum atomic E-state index is 9.23. The van der Waals surface area contributed by atoms with Crippen molar-refractivity contribution in [1.29, 1.82) is 0 Å². The molecule has 2 N–H and O–H groups in total. The van der Waals surface area contributed by atoms with Gasteiger partial charge in [-0.15, -0.1) is 0 Å². The van der Waals surface area contributed by atoms with Crippen molar-refractivity contribution in [2.24, 2.45) is 0 Å². The van der Waals surface area contributed by atoms with Crippen LogP contribution in [-0.2, 0) is 6.54 Å². The zero-order valence-corrected chi connectivity index (χ0v) is 12.8. The van der Waals surface area contributed by atoms with Crippen LogP contribution in [0.2, 0.25) is 0 Å². The van der Waals surface area contributed by atoms with E-state index in [4.69, 9.17) is 9.47 Å². The highest BCUT2D eigenvalue weighted by Crippen LogP contribution is 2.34. The molecule has 0 aromatic heterocycles. The van der Waals surface area contributed by atoms with Gasteiger partial charge >= 0.3 is 0 Å². The van der Waals surface area contributed by atoms with Gasteiger partial charge in [0.05, 0.1) is 20.8 Å². The Hall–Kier alpha value is -0.780. The number of aliphatic hydroxyl groups is 1. The topological polar surface area (TPSA) is 50.7 Å². The van der Waals surface area contributed by atoms with Crippen LogP contribution in [0.25, 0.3) is 0 Å². The van der Waals surface area contributed by atoms with E-state index < -0.39 is 0 Å². The Morgan fingerprint density at radius 2 is 1.94 bits per heavy atom. The minimum atomic E-state index is -0.333. The zero-order chi connectivity index (χ0) is 13.8. The van der Waals surface area contributed by atoms with Crippen molar-refractivity contribution in [3.63, 3.8) is 0 Å². The molecule has 0 bridgehead atoms. The van der Waals surface area contributed by atoms with Gasteiger partial charge in [-0.2, -0.15) is 0 Å². The van der Waals surface area contributed by atoms with E-state index in [0.717, 1.165) is 10.0 Å². The van der Waals surface area contributed by atoms with Crippen LogP contribution in [-0.4, -0.2) is 31.5 Å². The molecule has 0 spiro atoms. The van der Waals surface area contributed by atoms with E-state index in [-0.39, 0.29) is 12.1 Å². The lowest BCUT2D eigenvalue weighted by Crippen LogP contribution is -2.42. The second kappa shape index (κ2) is 6.41. The molecule has 0 saturated carbocycles. The molecule has 0 amide bonds. The number of methoxy groups -OCH3 is 2. The minimum Gasteiger partial charge on any atom is -0.493 e. The monoisotopic (exact) mass is 317 g/mol. The van der Waals surface area contributed by atoms with E-state index >= 15 is 0 Å². The second-order valence-corrected chi connectivity index (χ2v) is 5.61. The van der Waals surface area contributed by atoms with Crippen molar-refractivity contribution in [3.8, 4) is 11.5 Å². The van der Waals surface area contributed by atoms with Gasteiger partial charge in [0.15, 0.2) is 11.5 Å². The van der Waals surface area contributed by atoms with Gasteiger partial charge in [-0.05, 0) is 26.0 Å². The van der Waals surface area contributed by atoms with Crippen LogP contribution in [0, 0.1) is 0 Å². The molecule has 102 valence electrons. The van der Waals surface area contributed by atoms with Crippen molar-refractivity contribution in [2.75, 3.05) is 20.8 Å². The standard InChI is InChI=1S/C13H20BrNO3/c1-13(2,8-16)15-7-9-5-10(14)6-11(17-3)12(9)18-4/h5-6,15-16H,7-8H2,1-4H3. The van der Waals surface area contributed by atoms with Crippen LogP contribution < -0.4 is 14.8 Å². The largest absolute Gasteiger partial charge is 0.493 e. The molecule has 18 heavy (non-hydrogen) atoms. The summed E-state index contributed by atoms with van der Waals surface area (Å²) in [6.45, 7) is 4.54. The molecule has 0 saturated heterocycles. The summed E-state index contributed by atoms with van der Waals surface area (Å²) in [6, 6.07) is 3.83. The number of rotatable bonds is 6. The van der Waals surface area contributed by atoms with E-state index in [1.807, 2.05) is 26.0 Å². The predicted octanol–water partition coefficient (Wildman–Crippen LogP) is 2.33. The first-order chi connectivity index (χ1) is 8.43. The molecule has 0 unspecified atom stereocenters. The molecular formula is C13H20BrNO3. The SMILES string of the molecule is COc1cc(Br)cc(CNC(C)(C)CO)c1OC. The van der Waals surface area contributed by atoms with Crippen LogP contribution in [0.4, 0.5) is 0 Å². The van der Waals surface area contributed by atoms with Gasteiger partial charge in [0, 0.05) is 22.1 Å². The molecule has 1 aromatic rings. The van der Waals surface area contributed by atoms with E-state index in [1.165, 1.54) is 0 Å². The Morgan fingerprint density at radius 1 is 1.28 bits per heavy atom. The number of hydrogen-bond acceptors (Lipinski definition) is 4. The Kier molecular flexibility index (Phi) is 5.44. The molecule has 0 atom stereocenters. The lowest BCUT2D eigenvalue weighted by atomic mass is 10.1. The molecule has 5 heteroatoms. The Labute approximate surface area is 116 Å². The summed E-state index contributed by atoms with van der Waals surface area (Å²) in [5, 5.41) is 12.5. The summed E-state index contributed by atoms with van der Waals surface area (Å²) in [7, 11) is 3.23. The molecule has 0 aliphatic heterocycles. The number of aliphatic hydroxyl groups excluding tert-OH is 1. The van der Waals surface area contributed by atoms with Crippen LogP contribution in [0.15, 0.2) is 16.6 Å². The fourth-order valence-electron chi connectivity index (χ4n) is 1.53. The number of ether oxygens (including phenoxy) is 2. The average molecular weight is 318 g/mol. The minimum absolute atomic E-state index is 0.0699. The smallest absolute Gasteiger partial charge is 0.165 e. The highest BCUT2D eigenvalue weighted by atomic mass is 79.9. The highest BCUT2D eigenvalue weighted by Gasteiger charge is 2.18. The summed E-state index contributed by atoms with van der Waals surface area (Å²) in [4.78, 5) is 0. The van der Waals surface area contributed by atoms with Crippen molar-refractivity contribution >= 4 is 15.9 Å². The fourth-order valence-corrected chi connectivity index (χ4v) is 2.01. The van der Waals surface area contributed by atoms with E-state index in [2.05, 4.69) is 21.2 Å². The van der Waals surface area contributed by atoms with Gasteiger partial charge in [-0.1, -0.05) is 15.9 Å². The van der Waals surface area contributed by atoms with Crippen LogP contribution in [0.5, 0.6) is 11.5 Å². The fraction of sp³-hybridized carbons (Fsp3) is 0.538. The number of halogens is 1. The maximum Gasteiger partial charge on any atom is 0.165 e. The van der Waals surface area contributed by atoms with Crippen LogP contribution in [0.1, 0.15) is 19.4 Å². The summed E-state index contributed by atoms with van der Waals surface area (Å²) in [5.41, 5.74) is 0.644. The van der Waals surface area contributed by atoms with Crippen molar-refractivity contribution in [3.05, 3.63) is 22.2 Å². The number of hydrogen-bond donors (Lipinski definition) is 2. The lowest BCUT2D eigenvalue weighted by molar-refractivity contribution is 0.187. The van der Waals surface area contributed by atoms with Gasteiger partial charge in [-0.25, -0.2) is 0 Å². The molecule has 1 rings (SSSR count). The molecule has 0 radical (unpaired) electrons. The predicted molar refractivity (Wildman–Crippen MR) is 75.3 cm³/mol.